The molecule has 7 heteroatoms. The molecule has 0 unspecified atom stereocenters. The molecule has 0 aliphatic heterocycles. The fraction of sp³-hybridized carbons (Fsp3) is 0.667. The van der Waals surface area contributed by atoms with Gasteiger partial charge in [-0.3, -0.25) is 0 Å². The molecule has 0 saturated carbocycles. The van der Waals surface area contributed by atoms with Gasteiger partial charge in [0, 0.05) is 14.1 Å². The number of nitrogens with zero attached hydrogens (tertiary/aromatic N) is 4. The highest BCUT2D eigenvalue weighted by Gasteiger charge is 2.05. The standard InChI is InChI=1S/C9H18N6S/c1-15(2)9-13-7(12-8(11)14-9)6-16-5-3-4-10/h3-6,10H2,1-2H3,(H2,11,12,13,14). The van der Waals surface area contributed by atoms with E-state index in [-0.39, 0.29) is 5.95 Å². The molecule has 6 nitrogen and oxygen atoms in total. The van der Waals surface area contributed by atoms with Crippen LogP contribution in [0.3, 0.4) is 0 Å². The number of thioether (sulfide) groups is 1. The molecule has 4 N–H and O–H groups in total. The van der Waals surface area contributed by atoms with E-state index in [9.17, 15) is 0 Å². The van der Waals surface area contributed by atoms with Crippen LogP contribution in [0.5, 0.6) is 0 Å². The van der Waals surface area contributed by atoms with Gasteiger partial charge in [0.15, 0.2) is 0 Å². The summed E-state index contributed by atoms with van der Waals surface area (Å²) in [6, 6.07) is 0. The highest BCUT2D eigenvalue weighted by atomic mass is 32.2. The van der Waals surface area contributed by atoms with E-state index in [2.05, 4.69) is 15.0 Å². The van der Waals surface area contributed by atoms with Gasteiger partial charge in [-0.05, 0) is 18.7 Å². The van der Waals surface area contributed by atoms with Crippen LogP contribution in [0, 0.1) is 0 Å². The fourth-order valence-electron chi connectivity index (χ4n) is 1.04. The lowest BCUT2D eigenvalue weighted by Gasteiger charge is -2.11. The Morgan fingerprint density at radius 3 is 2.62 bits per heavy atom. The van der Waals surface area contributed by atoms with Crippen LogP contribution in [0.15, 0.2) is 0 Å². The van der Waals surface area contributed by atoms with E-state index in [0.717, 1.165) is 30.3 Å². The molecule has 1 aromatic rings. The van der Waals surface area contributed by atoms with Gasteiger partial charge in [0.1, 0.15) is 5.82 Å². The number of hydrogen-bond acceptors (Lipinski definition) is 7. The minimum Gasteiger partial charge on any atom is -0.368 e. The molecule has 0 amide bonds. The largest absolute Gasteiger partial charge is 0.368 e. The molecule has 0 fully saturated rings. The third-order valence-electron chi connectivity index (χ3n) is 1.81. The average molecular weight is 242 g/mol. The summed E-state index contributed by atoms with van der Waals surface area (Å²) in [5.41, 5.74) is 11.0. The van der Waals surface area contributed by atoms with E-state index >= 15 is 0 Å². The molecule has 90 valence electrons. The Morgan fingerprint density at radius 1 is 1.25 bits per heavy atom. The van der Waals surface area contributed by atoms with Gasteiger partial charge < -0.3 is 16.4 Å². The van der Waals surface area contributed by atoms with Gasteiger partial charge in [0.05, 0.1) is 5.75 Å². The van der Waals surface area contributed by atoms with Gasteiger partial charge in [-0.15, -0.1) is 0 Å². The topological polar surface area (TPSA) is 94.0 Å². The Kier molecular flexibility index (Phi) is 5.27. The molecule has 0 atom stereocenters. The van der Waals surface area contributed by atoms with Crippen molar-refractivity contribution in [2.24, 2.45) is 5.73 Å². The SMILES string of the molecule is CN(C)c1nc(N)nc(CSCCCN)n1. The lowest BCUT2D eigenvalue weighted by Crippen LogP contribution is -2.16. The minimum absolute atomic E-state index is 0.271. The summed E-state index contributed by atoms with van der Waals surface area (Å²) in [6.45, 7) is 0.718. The van der Waals surface area contributed by atoms with Crippen LogP contribution in [0.2, 0.25) is 0 Å². The van der Waals surface area contributed by atoms with Crippen molar-refractivity contribution in [2.75, 3.05) is 37.0 Å². The van der Waals surface area contributed by atoms with Gasteiger partial charge >= 0.3 is 0 Å². The van der Waals surface area contributed by atoms with E-state index in [1.807, 2.05) is 19.0 Å². The van der Waals surface area contributed by atoms with Crippen LogP contribution in [-0.4, -0.2) is 41.3 Å². The van der Waals surface area contributed by atoms with E-state index in [1.54, 1.807) is 11.8 Å². The molecule has 0 bridgehead atoms. The highest BCUT2D eigenvalue weighted by Crippen LogP contribution is 2.12. The lowest BCUT2D eigenvalue weighted by atomic mass is 10.5. The van der Waals surface area contributed by atoms with Crippen LogP contribution in [0.1, 0.15) is 12.2 Å². The molecule has 0 aromatic carbocycles. The normalized spacial score (nSPS) is 10.4. The van der Waals surface area contributed by atoms with Crippen molar-refractivity contribution in [2.45, 2.75) is 12.2 Å². The van der Waals surface area contributed by atoms with Crippen molar-refractivity contribution >= 4 is 23.7 Å². The summed E-state index contributed by atoms with van der Waals surface area (Å²) in [7, 11) is 3.75. The fourth-order valence-corrected chi connectivity index (χ4v) is 1.87. The number of nitrogen functional groups attached to an aromatic ring is 1. The minimum atomic E-state index is 0.271. The maximum atomic E-state index is 5.61. The molecule has 16 heavy (non-hydrogen) atoms. The molecular weight excluding hydrogens is 224 g/mol. The number of hydrogen-bond donors (Lipinski definition) is 2. The highest BCUT2D eigenvalue weighted by molar-refractivity contribution is 7.98. The van der Waals surface area contributed by atoms with E-state index in [1.165, 1.54) is 0 Å². The van der Waals surface area contributed by atoms with Crippen molar-refractivity contribution in [1.82, 2.24) is 15.0 Å². The van der Waals surface area contributed by atoms with Crippen LogP contribution in [0.4, 0.5) is 11.9 Å². The summed E-state index contributed by atoms with van der Waals surface area (Å²) in [5.74, 6) is 3.35. The van der Waals surface area contributed by atoms with Gasteiger partial charge in [-0.25, -0.2) is 0 Å². The van der Waals surface area contributed by atoms with Gasteiger partial charge in [-0.1, -0.05) is 0 Å². The average Bonchev–Trinajstić information content (AvgIpc) is 2.23. The van der Waals surface area contributed by atoms with Crippen molar-refractivity contribution in [3.8, 4) is 0 Å². The van der Waals surface area contributed by atoms with Crippen molar-refractivity contribution in [3.05, 3.63) is 5.82 Å². The lowest BCUT2D eigenvalue weighted by molar-refractivity contribution is 0.914. The van der Waals surface area contributed by atoms with Gasteiger partial charge in [0.25, 0.3) is 0 Å². The van der Waals surface area contributed by atoms with E-state index in [0.29, 0.717) is 5.95 Å². The molecular formula is C9H18N6S. The zero-order valence-corrected chi connectivity index (χ0v) is 10.5. The van der Waals surface area contributed by atoms with Crippen LogP contribution in [0.25, 0.3) is 0 Å². The maximum Gasteiger partial charge on any atom is 0.229 e. The summed E-state index contributed by atoms with van der Waals surface area (Å²) >= 11 is 1.75. The molecule has 1 heterocycles. The quantitative estimate of drug-likeness (QED) is 0.683. The molecule has 0 aliphatic rings. The second-order valence-corrected chi connectivity index (χ2v) is 4.60. The van der Waals surface area contributed by atoms with E-state index < -0.39 is 0 Å². The van der Waals surface area contributed by atoms with Crippen molar-refractivity contribution < 1.29 is 0 Å². The summed E-state index contributed by atoms with van der Waals surface area (Å²) in [6.07, 6.45) is 1.01. The summed E-state index contributed by atoms with van der Waals surface area (Å²) < 4.78 is 0. The third kappa shape index (κ3) is 4.19. The number of nitrogens with two attached hydrogens (primary N) is 2. The molecule has 1 rings (SSSR count). The van der Waals surface area contributed by atoms with Crippen LogP contribution < -0.4 is 16.4 Å². The first-order valence-electron chi connectivity index (χ1n) is 5.09. The molecule has 0 radical (unpaired) electrons. The third-order valence-corrected chi connectivity index (χ3v) is 2.85. The Balaban J connectivity index is 2.58. The zero-order valence-electron chi connectivity index (χ0n) is 9.68. The second-order valence-electron chi connectivity index (χ2n) is 3.50. The predicted molar refractivity (Wildman–Crippen MR) is 68.4 cm³/mol. The van der Waals surface area contributed by atoms with Gasteiger partial charge in [-0.2, -0.15) is 26.7 Å². The molecule has 0 aliphatic carbocycles. The maximum absolute atomic E-state index is 5.61. The predicted octanol–water partition coefficient (Wildman–Crippen LogP) is 0.102. The second kappa shape index (κ2) is 6.49. The van der Waals surface area contributed by atoms with E-state index in [4.69, 9.17) is 11.5 Å². The van der Waals surface area contributed by atoms with Crippen molar-refractivity contribution in [1.29, 1.82) is 0 Å². The Morgan fingerprint density at radius 2 is 2.00 bits per heavy atom. The Labute approximate surface area is 99.8 Å². The first kappa shape index (κ1) is 13.0. The first-order valence-corrected chi connectivity index (χ1v) is 6.24. The number of anilines is 2. The van der Waals surface area contributed by atoms with Gasteiger partial charge in [0.2, 0.25) is 11.9 Å². The number of aromatic nitrogens is 3. The zero-order chi connectivity index (χ0) is 12.0. The molecule has 0 saturated heterocycles. The van der Waals surface area contributed by atoms with Crippen LogP contribution in [-0.2, 0) is 5.75 Å². The van der Waals surface area contributed by atoms with Crippen LogP contribution >= 0.6 is 11.8 Å². The molecule has 1 aromatic heterocycles. The van der Waals surface area contributed by atoms with Crippen molar-refractivity contribution in [3.63, 3.8) is 0 Å². The Bertz CT molecular complexity index is 330. The summed E-state index contributed by atoms with van der Waals surface area (Å²) in [4.78, 5) is 14.2. The molecule has 0 spiro atoms. The smallest absolute Gasteiger partial charge is 0.229 e. The monoisotopic (exact) mass is 242 g/mol. The summed E-state index contributed by atoms with van der Waals surface area (Å²) in [5, 5.41) is 0. The Hall–Kier alpha value is -1.08. The number of rotatable bonds is 6. The first-order chi connectivity index (χ1) is 7.63.